The van der Waals surface area contributed by atoms with Gasteiger partial charge in [0.15, 0.2) is 0 Å². The monoisotopic (exact) mass is 282 g/mol. The number of nitrogens with zero attached hydrogens (tertiary/aromatic N) is 3. The number of rotatable bonds is 7. The predicted octanol–water partition coefficient (Wildman–Crippen LogP) is 2.76. The van der Waals surface area contributed by atoms with E-state index in [1.54, 1.807) is 0 Å². The molecule has 0 unspecified atom stereocenters. The second kappa shape index (κ2) is 6.68. The van der Waals surface area contributed by atoms with Crippen molar-refractivity contribution in [2.24, 2.45) is 0 Å². The van der Waals surface area contributed by atoms with Crippen molar-refractivity contribution in [1.29, 1.82) is 0 Å². The summed E-state index contributed by atoms with van der Waals surface area (Å²) in [4.78, 5) is 11.3. The molecule has 2 heterocycles. The largest absolute Gasteiger partial charge is 0.351 e. The van der Waals surface area contributed by atoms with Crippen LogP contribution < -0.4 is 10.2 Å². The second-order valence-corrected chi connectivity index (χ2v) is 5.48. The Morgan fingerprint density at radius 1 is 1.14 bits per heavy atom. The molecule has 2 aromatic heterocycles. The summed E-state index contributed by atoms with van der Waals surface area (Å²) in [6.07, 6.45) is 6.33. The zero-order chi connectivity index (χ0) is 14.5. The average molecular weight is 282 g/mol. The van der Waals surface area contributed by atoms with Crippen molar-refractivity contribution in [3.63, 3.8) is 0 Å². The van der Waals surface area contributed by atoms with Gasteiger partial charge in [-0.05, 0) is 38.0 Å². The van der Waals surface area contributed by atoms with E-state index in [-0.39, 0.29) is 0 Å². The lowest BCUT2D eigenvalue weighted by Gasteiger charge is -2.24. The quantitative estimate of drug-likeness (QED) is 0.848. The Balaban J connectivity index is 1.75. The Hall–Kier alpha value is -1.94. The molecule has 1 fully saturated rings. The van der Waals surface area contributed by atoms with Crippen LogP contribution in [0.15, 0.2) is 42.7 Å². The molecule has 0 atom stereocenters. The molecule has 0 aliphatic heterocycles. The van der Waals surface area contributed by atoms with Gasteiger partial charge in [0.2, 0.25) is 0 Å². The smallest absolute Gasteiger partial charge is 0.133 e. The second-order valence-electron chi connectivity index (χ2n) is 5.48. The molecule has 1 N–H and O–H groups in total. The molecule has 110 valence electrons. The first-order valence-electron chi connectivity index (χ1n) is 7.69. The zero-order valence-corrected chi connectivity index (χ0v) is 12.5. The van der Waals surface area contributed by atoms with Crippen LogP contribution in [-0.2, 0) is 13.1 Å². The Morgan fingerprint density at radius 3 is 2.71 bits per heavy atom. The Morgan fingerprint density at radius 2 is 2.00 bits per heavy atom. The average Bonchev–Trinajstić information content (AvgIpc) is 3.36. The highest BCUT2D eigenvalue weighted by atomic mass is 15.2. The first-order chi connectivity index (χ1) is 10.4. The molecule has 4 nitrogen and oxygen atoms in total. The topological polar surface area (TPSA) is 41.1 Å². The van der Waals surface area contributed by atoms with E-state index < -0.39 is 0 Å². The maximum Gasteiger partial charge on any atom is 0.133 e. The van der Waals surface area contributed by atoms with Gasteiger partial charge < -0.3 is 10.2 Å². The molecule has 2 aromatic rings. The van der Waals surface area contributed by atoms with Crippen molar-refractivity contribution in [3.05, 3.63) is 54.0 Å². The summed E-state index contributed by atoms with van der Waals surface area (Å²) in [5, 5.41) is 3.57. The molecule has 0 amide bonds. The molecule has 0 spiro atoms. The molecule has 0 radical (unpaired) electrons. The van der Waals surface area contributed by atoms with E-state index in [9.17, 15) is 0 Å². The minimum atomic E-state index is 0.712. The zero-order valence-electron chi connectivity index (χ0n) is 12.5. The Kier molecular flexibility index (Phi) is 4.46. The summed E-state index contributed by atoms with van der Waals surface area (Å²) in [6, 6.07) is 10.9. The van der Waals surface area contributed by atoms with Crippen LogP contribution in [0.2, 0.25) is 0 Å². The molecule has 0 aromatic carbocycles. The third-order valence-electron chi connectivity index (χ3n) is 3.79. The van der Waals surface area contributed by atoms with Crippen LogP contribution in [0, 0.1) is 0 Å². The molecule has 21 heavy (non-hydrogen) atoms. The fraction of sp³-hybridized carbons (Fsp3) is 0.412. The highest BCUT2D eigenvalue weighted by Gasteiger charge is 2.21. The molecular weight excluding hydrogens is 260 g/mol. The Bertz CT molecular complexity index is 566. The molecule has 0 saturated heterocycles. The number of anilines is 1. The summed E-state index contributed by atoms with van der Waals surface area (Å²) in [6.45, 7) is 4.77. The lowest BCUT2D eigenvalue weighted by Crippen LogP contribution is -2.26. The normalized spacial score (nSPS) is 14.1. The van der Waals surface area contributed by atoms with Crippen LogP contribution in [0.1, 0.15) is 31.0 Å². The van der Waals surface area contributed by atoms with Crippen LogP contribution in [0.3, 0.4) is 0 Å². The maximum atomic E-state index is 4.60. The first kappa shape index (κ1) is 14.0. The van der Waals surface area contributed by atoms with Crippen molar-refractivity contribution in [2.45, 2.75) is 38.9 Å². The van der Waals surface area contributed by atoms with E-state index in [1.807, 2.05) is 30.6 Å². The van der Waals surface area contributed by atoms with Crippen molar-refractivity contribution in [2.75, 3.05) is 11.4 Å². The van der Waals surface area contributed by atoms with E-state index in [2.05, 4.69) is 39.2 Å². The first-order valence-corrected chi connectivity index (χ1v) is 7.69. The number of hydrogen-bond acceptors (Lipinski definition) is 4. The number of pyridine rings is 2. The summed E-state index contributed by atoms with van der Waals surface area (Å²) in [7, 11) is 0. The van der Waals surface area contributed by atoms with Gasteiger partial charge in [0.05, 0.1) is 12.2 Å². The van der Waals surface area contributed by atoms with Gasteiger partial charge in [-0.2, -0.15) is 0 Å². The van der Waals surface area contributed by atoms with Crippen molar-refractivity contribution >= 4 is 5.82 Å². The van der Waals surface area contributed by atoms with Gasteiger partial charge in [0.1, 0.15) is 5.82 Å². The fourth-order valence-corrected chi connectivity index (χ4v) is 2.42. The van der Waals surface area contributed by atoms with Gasteiger partial charge in [-0.15, -0.1) is 0 Å². The third kappa shape index (κ3) is 3.79. The molecule has 0 bridgehead atoms. The summed E-state index contributed by atoms with van der Waals surface area (Å²) in [5.74, 6) is 1.07. The SMILES string of the molecule is CCN(Cc1ccccn1)c1ncccc1CNC1CC1. The van der Waals surface area contributed by atoms with E-state index in [4.69, 9.17) is 0 Å². The number of hydrogen-bond donors (Lipinski definition) is 1. The molecular formula is C17H22N4. The summed E-state index contributed by atoms with van der Waals surface area (Å²) >= 11 is 0. The lowest BCUT2D eigenvalue weighted by molar-refractivity contribution is 0.678. The van der Waals surface area contributed by atoms with Crippen LogP contribution in [0.4, 0.5) is 5.82 Å². The summed E-state index contributed by atoms with van der Waals surface area (Å²) in [5.41, 5.74) is 2.34. The van der Waals surface area contributed by atoms with Crippen LogP contribution in [0.5, 0.6) is 0 Å². The van der Waals surface area contributed by atoms with Gasteiger partial charge in [0.25, 0.3) is 0 Å². The highest BCUT2D eigenvalue weighted by Crippen LogP contribution is 2.22. The van der Waals surface area contributed by atoms with Gasteiger partial charge >= 0.3 is 0 Å². The van der Waals surface area contributed by atoms with E-state index in [1.165, 1.54) is 18.4 Å². The third-order valence-corrected chi connectivity index (χ3v) is 3.79. The minimum absolute atomic E-state index is 0.712. The number of nitrogens with one attached hydrogen (secondary N) is 1. The lowest BCUT2D eigenvalue weighted by atomic mass is 10.2. The van der Waals surface area contributed by atoms with Gasteiger partial charge in [-0.3, -0.25) is 4.98 Å². The van der Waals surface area contributed by atoms with Crippen molar-refractivity contribution in [3.8, 4) is 0 Å². The Labute approximate surface area is 126 Å². The van der Waals surface area contributed by atoms with E-state index in [0.717, 1.165) is 31.1 Å². The molecule has 1 aliphatic rings. The molecule has 4 heteroatoms. The van der Waals surface area contributed by atoms with E-state index in [0.29, 0.717) is 6.04 Å². The van der Waals surface area contributed by atoms with Crippen LogP contribution >= 0.6 is 0 Å². The van der Waals surface area contributed by atoms with Crippen molar-refractivity contribution in [1.82, 2.24) is 15.3 Å². The summed E-state index contributed by atoms with van der Waals surface area (Å²) < 4.78 is 0. The van der Waals surface area contributed by atoms with Crippen LogP contribution in [-0.4, -0.2) is 22.6 Å². The fourth-order valence-electron chi connectivity index (χ4n) is 2.42. The highest BCUT2D eigenvalue weighted by molar-refractivity contribution is 5.47. The minimum Gasteiger partial charge on any atom is -0.351 e. The van der Waals surface area contributed by atoms with Gasteiger partial charge in [0, 0.05) is 37.1 Å². The standard InChI is InChI=1S/C17H22N4/c1-2-21(13-16-7-3-4-10-18-16)17-14(6-5-11-19-17)12-20-15-8-9-15/h3-7,10-11,15,20H,2,8-9,12-13H2,1H3. The maximum absolute atomic E-state index is 4.60. The van der Waals surface area contributed by atoms with Gasteiger partial charge in [-0.25, -0.2) is 4.98 Å². The van der Waals surface area contributed by atoms with Crippen LogP contribution in [0.25, 0.3) is 0 Å². The predicted molar refractivity (Wildman–Crippen MR) is 85.1 cm³/mol. The molecule has 1 aliphatic carbocycles. The van der Waals surface area contributed by atoms with Crippen molar-refractivity contribution < 1.29 is 0 Å². The van der Waals surface area contributed by atoms with Gasteiger partial charge in [-0.1, -0.05) is 12.1 Å². The molecule has 1 saturated carbocycles. The van der Waals surface area contributed by atoms with E-state index >= 15 is 0 Å². The number of aromatic nitrogens is 2. The molecule has 3 rings (SSSR count).